The zero-order valence-corrected chi connectivity index (χ0v) is 18.4. The second kappa shape index (κ2) is 9.87. The molecule has 1 aliphatic carbocycles. The number of halogens is 1. The summed E-state index contributed by atoms with van der Waals surface area (Å²) in [6.07, 6.45) is 2.17. The average molecular weight is 454 g/mol. The van der Waals surface area contributed by atoms with Crippen molar-refractivity contribution in [1.82, 2.24) is 10.5 Å². The molecule has 2 N–H and O–H groups in total. The summed E-state index contributed by atoms with van der Waals surface area (Å²) in [5.74, 6) is 0.140. The van der Waals surface area contributed by atoms with E-state index in [0.29, 0.717) is 39.7 Å². The molecule has 3 aromatic rings. The van der Waals surface area contributed by atoms with Gasteiger partial charge >= 0.3 is 6.09 Å². The van der Waals surface area contributed by atoms with Crippen LogP contribution >= 0.6 is 11.6 Å². The van der Waals surface area contributed by atoms with Gasteiger partial charge in [-0.2, -0.15) is 0 Å². The maximum Gasteiger partial charge on any atom is 0.411 e. The molecule has 1 saturated carbocycles. The van der Waals surface area contributed by atoms with Crippen LogP contribution in [-0.2, 0) is 4.74 Å². The molecule has 0 aliphatic heterocycles. The lowest BCUT2D eigenvalue weighted by atomic mass is 9.92. The summed E-state index contributed by atoms with van der Waals surface area (Å²) in [6, 6.07) is 16.2. The summed E-state index contributed by atoms with van der Waals surface area (Å²) in [4.78, 5) is 25.3. The largest absolute Gasteiger partial charge is 0.446 e. The van der Waals surface area contributed by atoms with Crippen LogP contribution in [0.5, 0.6) is 0 Å². The van der Waals surface area contributed by atoms with Gasteiger partial charge in [0.15, 0.2) is 0 Å². The highest BCUT2D eigenvalue weighted by Crippen LogP contribution is 2.31. The molecule has 2 amide bonds. The summed E-state index contributed by atoms with van der Waals surface area (Å²) in [6.45, 7) is 1.70. The van der Waals surface area contributed by atoms with E-state index in [9.17, 15) is 9.59 Å². The SMILES string of the molecule is Cc1onc(-c2ccccc2Cl)c1C(=O)N[C@H]1CCC[C@@H](OC(=O)Nc2ccccc2)C1. The van der Waals surface area contributed by atoms with Gasteiger partial charge in [0.2, 0.25) is 0 Å². The monoisotopic (exact) mass is 453 g/mol. The minimum Gasteiger partial charge on any atom is -0.446 e. The number of hydrogen-bond acceptors (Lipinski definition) is 5. The first kappa shape index (κ1) is 21.9. The number of ether oxygens (including phenoxy) is 1. The topological polar surface area (TPSA) is 93.5 Å². The third kappa shape index (κ3) is 5.11. The third-order valence-electron chi connectivity index (χ3n) is 5.47. The van der Waals surface area contributed by atoms with E-state index in [1.54, 1.807) is 31.2 Å². The molecule has 0 bridgehead atoms. The normalized spacial score (nSPS) is 18.1. The van der Waals surface area contributed by atoms with Gasteiger partial charge in [0.25, 0.3) is 5.91 Å². The Morgan fingerprint density at radius 3 is 2.62 bits per heavy atom. The molecule has 0 radical (unpaired) electrons. The zero-order chi connectivity index (χ0) is 22.5. The van der Waals surface area contributed by atoms with Crippen LogP contribution in [0.1, 0.15) is 41.8 Å². The highest BCUT2D eigenvalue weighted by Gasteiger charge is 2.29. The minimum absolute atomic E-state index is 0.126. The number of hydrogen-bond donors (Lipinski definition) is 2. The van der Waals surface area contributed by atoms with Crippen LogP contribution in [0.2, 0.25) is 5.02 Å². The summed E-state index contributed by atoms with van der Waals surface area (Å²) in [5.41, 5.74) is 2.09. The summed E-state index contributed by atoms with van der Waals surface area (Å²) in [5, 5.41) is 10.3. The number of rotatable bonds is 5. The van der Waals surface area contributed by atoms with E-state index in [1.165, 1.54) is 0 Å². The molecule has 4 rings (SSSR count). The number of nitrogens with zero attached hydrogens (tertiary/aromatic N) is 1. The first-order valence-electron chi connectivity index (χ1n) is 10.6. The Morgan fingerprint density at radius 2 is 1.84 bits per heavy atom. The van der Waals surface area contributed by atoms with Gasteiger partial charge in [-0.15, -0.1) is 0 Å². The number of aromatic nitrogens is 1. The lowest BCUT2D eigenvalue weighted by Gasteiger charge is -2.29. The van der Waals surface area contributed by atoms with Gasteiger partial charge in [-0.3, -0.25) is 10.1 Å². The molecule has 2 atom stereocenters. The molecule has 0 spiro atoms. The summed E-state index contributed by atoms with van der Waals surface area (Å²) >= 11 is 6.29. The van der Waals surface area contributed by atoms with E-state index in [-0.39, 0.29) is 18.1 Å². The van der Waals surface area contributed by atoms with Crippen molar-refractivity contribution >= 4 is 29.3 Å². The van der Waals surface area contributed by atoms with Gasteiger partial charge in [0.05, 0.1) is 5.02 Å². The van der Waals surface area contributed by atoms with Crippen LogP contribution in [0.4, 0.5) is 10.5 Å². The number of para-hydroxylation sites is 1. The number of aryl methyl sites for hydroxylation is 1. The molecule has 1 aliphatic rings. The van der Waals surface area contributed by atoms with Gasteiger partial charge in [0.1, 0.15) is 23.1 Å². The number of anilines is 1. The van der Waals surface area contributed by atoms with Gasteiger partial charge in [0, 0.05) is 23.7 Å². The van der Waals surface area contributed by atoms with Crippen molar-refractivity contribution in [1.29, 1.82) is 0 Å². The Hall–Kier alpha value is -3.32. The molecule has 32 heavy (non-hydrogen) atoms. The van der Waals surface area contributed by atoms with Crippen molar-refractivity contribution in [2.24, 2.45) is 0 Å². The molecule has 2 aromatic carbocycles. The van der Waals surface area contributed by atoms with E-state index in [1.807, 2.05) is 30.3 Å². The van der Waals surface area contributed by atoms with E-state index in [0.717, 1.165) is 19.3 Å². The molecule has 8 heteroatoms. The van der Waals surface area contributed by atoms with Crippen LogP contribution < -0.4 is 10.6 Å². The Bertz CT molecular complexity index is 1100. The van der Waals surface area contributed by atoms with Crippen LogP contribution in [0.25, 0.3) is 11.3 Å². The van der Waals surface area contributed by atoms with Gasteiger partial charge in [-0.05, 0) is 44.4 Å². The second-order valence-corrected chi connectivity index (χ2v) is 8.20. The molecular formula is C24H24ClN3O4. The fourth-order valence-electron chi connectivity index (χ4n) is 3.94. The predicted molar refractivity (Wildman–Crippen MR) is 122 cm³/mol. The fourth-order valence-corrected chi connectivity index (χ4v) is 4.16. The maximum atomic E-state index is 13.1. The van der Waals surface area contributed by atoms with E-state index in [2.05, 4.69) is 15.8 Å². The fraction of sp³-hybridized carbons (Fsp3) is 0.292. The molecule has 1 heterocycles. The van der Waals surface area contributed by atoms with Crippen LogP contribution in [0.15, 0.2) is 59.1 Å². The number of carbonyl (C=O) groups excluding carboxylic acids is 2. The number of benzene rings is 2. The highest BCUT2D eigenvalue weighted by molar-refractivity contribution is 6.33. The molecule has 0 saturated heterocycles. The first-order valence-corrected chi connectivity index (χ1v) is 10.9. The third-order valence-corrected chi connectivity index (χ3v) is 5.80. The van der Waals surface area contributed by atoms with Crippen molar-refractivity contribution in [3.05, 3.63) is 70.9 Å². The summed E-state index contributed by atoms with van der Waals surface area (Å²) in [7, 11) is 0. The maximum absolute atomic E-state index is 13.1. The van der Waals surface area contributed by atoms with Crippen molar-refractivity contribution in [2.45, 2.75) is 44.8 Å². The molecule has 1 fully saturated rings. The van der Waals surface area contributed by atoms with E-state index < -0.39 is 6.09 Å². The second-order valence-electron chi connectivity index (χ2n) is 7.80. The van der Waals surface area contributed by atoms with E-state index in [4.69, 9.17) is 20.9 Å². The Balaban J connectivity index is 1.39. The zero-order valence-electron chi connectivity index (χ0n) is 17.6. The van der Waals surface area contributed by atoms with Crippen LogP contribution in [0, 0.1) is 6.92 Å². The predicted octanol–water partition coefficient (Wildman–Crippen LogP) is 5.59. The standard InChI is InChI=1S/C24H24ClN3O4/c1-15-21(22(28-32-15)19-12-5-6-13-20(19)25)23(29)26-17-10-7-11-18(14-17)31-24(30)27-16-8-3-2-4-9-16/h2-6,8-9,12-13,17-18H,7,10-11,14H2,1H3,(H,26,29)(H,27,30)/t17-,18+/m0/s1. The summed E-state index contributed by atoms with van der Waals surface area (Å²) < 4.78 is 10.9. The quantitative estimate of drug-likeness (QED) is 0.525. The van der Waals surface area contributed by atoms with Gasteiger partial charge < -0.3 is 14.6 Å². The lowest BCUT2D eigenvalue weighted by molar-refractivity contribution is 0.0712. The molecule has 166 valence electrons. The number of carbonyl (C=O) groups is 2. The molecule has 1 aromatic heterocycles. The Morgan fingerprint density at radius 1 is 1.09 bits per heavy atom. The van der Waals surface area contributed by atoms with Crippen LogP contribution in [-0.4, -0.2) is 29.3 Å². The number of amides is 2. The van der Waals surface area contributed by atoms with Crippen LogP contribution in [0.3, 0.4) is 0 Å². The Kier molecular flexibility index (Phi) is 6.75. The molecule has 7 nitrogen and oxygen atoms in total. The highest BCUT2D eigenvalue weighted by atomic mass is 35.5. The lowest BCUT2D eigenvalue weighted by Crippen LogP contribution is -2.41. The van der Waals surface area contributed by atoms with Crippen molar-refractivity contribution in [2.75, 3.05) is 5.32 Å². The molecular weight excluding hydrogens is 430 g/mol. The minimum atomic E-state index is -0.496. The van der Waals surface area contributed by atoms with Crippen molar-refractivity contribution < 1.29 is 18.8 Å². The van der Waals surface area contributed by atoms with Crippen molar-refractivity contribution in [3.8, 4) is 11.3 Å². The number of nitrogens with one attached hydrogen (secondary N) is 2. The van der Waals surface area contributed by atoms with Crippen molar-refractivity contribution in [3.63, 3.8) is 0 Å². The average Bonchev–Trinajstić information content (AvgIpc) is 3.16. The van der Waals surface area contributed by atoms with Gasteiger partial charge in [-0.1, -0.05) is 53.2 Å². The van der Waals surface area contributed by atoms with E-state index >= 15 is 0 Å². The van der Waals surface area contributed by atoms with Gasteiger partial charge in [-0.25, -0.2) is 4.79 Å². The first-order chi connectivity index (χ1) is 15.5. The smallest absolute Gasteiger partial charge is 0.411 e. The Labute approximate surface area is 191 Å². The molecule has 0 unspecified atom stereocenters.